The van der Waals surface area contributed by atoms with Gasteiger partial charge in [-0.25, -0.2) is 0 Å². The smallest absolute Gasteiger partial charge is 0.226 e. The second-order valence-corrected chi connectivity index (χ2v) is 5.24. The Morgan fingerprint density at radius 3 is 3.00 bits per heavy atom. The Labute approximate surface area is 119 Å². The standard InChI is InChI=1S/C15H20N4O/c1-12(14-9-18-10-14)15(20)19(7-3-5-16)11-13-4-2-6-17-8-13/h2,4,6,8,12,14,18H,3,7,9-11H2,1H3. The monoisotopic (exact) mass is 272 g/mol. The second kappa shape index (κ2) is 7.01. The van der Waals surface area contributed by atoms with Crippen molar-refractivity contribution in [3.63, 3.8) is 0 Å². The molecule has 20 heavy (non-hydrogen) atoms. The van der Waals surface area contributed by atoms with Gasteiger partial charge in [-0.15, -0.1) is 0 Å². The molecule has 0 aliphatic carbocycles. The van der Waals surface area contributed by atoms with Crippen molar-refractivity contribution in [1.82, 2.24) is 15.2 Å². The first-order valence-corrected chi connectivity index (χ1v) is 6.97. The van der Waals surface area contributed by atoms with E-state index in [9.17, 15) is 4.79 Å². The lowest BCUT2D eigenvalue weighted by molar-refractivity contribution is -0.138. The summed E-state index contributed by atoms with van der Waals surface area (Å²) in [6.45, 7) is 4.81. The minimum absolute atomic E-state index is 0.00612. The lowest BCUT2D eigenvalue weighted by Gasteiger charge is -2.35. The van der Waals surface area contributed by atoms with Crippen LogP contribution in [0.4, 0.5) is 0 Å². The van der Waals surface area contributed by atoms with Gasteiger partial charge in [0, 0.05) is 31.4 Å². The predicted molar refractivity (Wildman–Crippen MR) is 75.4 cm³/mol. The van der Waals surface area contributed by atoms with Crippen molar-refractivity contribution in [1.29, 1.82) is 5.26 Å². The van der Waals surface area contributed by atoms with Crippen molar-refractivity contribution in [3.05, 3.63) is 30.1 Å². The molecule has 1 unspecified atom stereocenters. The van der Waals surface area contributed by atoms with Crippen LogP contribution < -0.4 is 5.32 Å². The quantitative estimate of drug-likeness (QED) is 0.844. The summed E-state index contributed by atoms with van der Waals surface area (Å²) in [7, 11) is 0. The van der Waals surface area contributed by atoms with Crippen LogP contribution in [0.15, 0.2) is 24.5 Å². The Morgan fingerprint density at radius 2 is 2.45 bits per heavy atom. The molecule has 1 aliphatic rings. The Morgan fingerprint density at radius 1 is 1.65 bits per heavy atom. The first kappa shape index (κ1) is 14.5. The number of hydrogen-bond acceptors (Lipinski definition) is 4. The van der Waals surface area contributed by atoms with E-state index in [1.807, 2.05) is 19.1 Å². The predicted octanol–water partition coefficient (Wildman–Crippen LogP) is 1.18. The van der Waals surface area contributed by atoms with E-state index in [1.54, 1.807) is 17.3 Å². The molecule has 5 nitrogen and oxygen atoms in total. The van der Waals surface area contributed by atoms with E-state index in [4.69, 9.17) is 5.26 Å². The molecule has 1 aromatic heterocycles. The molecule has 0 saturated carbocycles. The van der Waals surface area contributed by atoms with Gasteiger partial charge in [0.25, 0.3) is 0 Å². The molecule has 1 amide bonds. The van der Waals surface area contributed by atoms with Crippen LogP contribution in [-0.2, 0) is 11.3 Å². The SMILES string of the molecule is CC(C(=O)N(CCC#N)Cc1cccnc1)C1CNC1. The summed E-state index contributed by atoms with van der Waals surface area (Å²) >= 11 is 0. The van der Waals surface area contributed by atoms with Gasteiger partial charge in [-0.2, -0.15) is 5.26 Å². The largest absolute Gasteiger partial charge is 0.337 e. The molecule has 0 aromatic carbocycles. The molecule has 5 heteroatoms. The van der Waals surface area contributed by atoms with Crippen LogP contribution in [0.2, 0.25) is 0 Å². The normalized spacial score (nSPS) is 16.0. The van der Waals surface area contributed by atoms with Crippen LogP contribution in [0.3, 0.4) is 0 Å². The number of carbonyl (C=O) groups excluding carboxylic acids is 1. The van der Waals surface area contributed by atoms with Gasteiger partial charge in [-0.05, 0) is 30.6 Å². The number of carbonyl (C=O) groups is 1. The zero-order valence-electron chi connectivity index (χ0n) is 11.7. The number of pyridine rings is 1. The van der Waals surface area contributed by atoms with Crippen LogP contribution in [0.5, 0.6) is 0 Å². The topological polar surface area (TPSA) is 69.0 Å². The summed E-state index contributed by atoms with van der Waals surface area (Å²) in [5.74, 6) is 0.559. The van der Waals surface area contributed by atoms with Gasteiger partial charge in [0.2, 0.25) is 5.91 Å². The zero-order chi connectivity index (χ0) is 14.4. The van der Waals surface area contributed by atoms with E-state index < -0.39 is 0 Å². The highest BCUT2D eigenvalue weighted by molar-refractivity contribution is 5.79. The molecule has 0 bridgehead atoms. The van der Waals surface area contributed by atoms with Crippen LogP contribution in [-0.4, -0.2) is 35.4 Å². The van der Waals surface area contributed by atoms with E-state index in [0.717, 1.165) is 18.7 Å². The Hall–Kier alpha value is -1.93. The highest BCUT2D eigenvalue weighted by Gasteiger charge is 2.31. The molecule has 1 fully saturated rings. The van der Waals surface area contributed by atoms with E-state index in [0.29, 0.717) is 25.4 Å². The maximum atomic E-state index is 12.6. The first-order chi connectivity index (χ1) is 9.72. The van der Waals surface area contributed by atoms with E-state index in [1.165, 1.54) is 0 Å². The Bertz CT molecular complexity index is 478. The molecular weight excluding hydrogens is 252 g/mol. The van der Waals surface area contributed by atoms with Gasteiger partial charge >= 0.3 is 0 Å². The third-order valence-corrected chi connectivity index (χ3v) is 3.81. The molecule has 0 spiro atoms. The number of aromatic nitrogens is 1. The van der Waals surface area contributed by atoms with Gasteiger partial charge in [0.05, 0.1) is 12.5 Å². The number of nitriles is 1. The molecule has 106 valence electrons. The average Bonchev–Trinajstić information content (AvgIpc) is 2.42. The van der Waals surface area contributed by atoms with Crippen molar-refractivity contribution in [2.75, 3.05) is 19.6 Å². The van der Waals surface area contributed by atoms with E-state index >= 15 is 0 Å². The molecular formula is C15H20N4O. The summed E-state index contributed by atoms with van der Waals surface area (Å²) in [5.41, 5.74) is 0.998. The van der Waals surface area contributed by atoms with Crippen LogP contribution in [0, 0.1) is 23.2 Å². The fourth-order valence-corrected chi connectivity index (χ4v) is 2.32. The third-order valence-electron chi connectivity index (χ3n) is 3.81. The number of amides is 1. The zero-order valence-corrected chi connectivity index (χ0v) is 11.7. The fourth-order valence-electron chi connectivity index (χ4n) is 2.32. The van der Waals surface area contributed by atoms with Crippen LogP contribution >= 0.6 is 0 Å². The van der Waals surface area contributed by atoms with Crippen LogP contribution in [0.25, 0.3) is 0 Å². The van der Waals surface area contributed by atoms with Crippen molar-refractivity contribution in [3.8, 4) is 6.07 Å². The van der Waals surface area contributed by atoms with Crippen molar-refractivity contribution < 1.29 is 4.79 Å². The Balaban J connectivity index is 2.02. The van der Waals surface area contributed by atoms with Gasteiger partial charge in [0.15, 0.2) is 0 Å². The van der Waals surface area contributed by atoms with E-state index in [-0.39, 0.29) is 11.8 Å². The number of rotatable bonds is 6. The van der Waals surface area contributed by atoms with Gasteiger partial charge < -0.3 is 10.2 Å². The van der Waals surface area contributed by atoms with Gasteiger partial charge in [0.1, 0.15) is 0 Å². The highest BCUT2D eigenvalue weighted by atomic mass is 16.2. The maximum Gasteiger partial charge on any atom is 0.226 e. The lowest BCUT2D eigenvalue weighted by Crippen LogP contribution is -2.50. The summed E-state index contributed by atoms with van der Waals surface area (Å²) in [4.78, 5) is 18.4. The maximum absolute atomic E-state index is 12.6. The molecule has 1 aliphatic heterocycles. The van der Waals surface area contributed by atoms with Gasteiger partial charge in [-0.3, -0.25) is 9.78 Å². The summed E-state index contributed by atoms with van der Waals surface area (Å²) < 4.78 is 0. The minimum Gasteiger partial charge on any atom is -0.337 e. The number of hydrogen-bond donors (Lipinski definition) is 1. The molecule has 0 radical (unpaired) electrons. The van der Waals surface area contributed by atoms with Crippen molar-refractivity contribution >= 4 is 5.91 Å². The summed E-state index contributed by atoms with van der Waals surface area (Å²) in [6.07, 6.45) is 3.84. The fraction of sp³-hybridized carbons (Fsp3) is 0.533. The molecule has 2 rings (SSSR count). The molecule has 2 heterocycles. The second-order valence-electron chi connectivity index (χ2n) is 5.24. The first-order valence-electron chi connectivity index (χ1n) is 6.97. The molecule has 1 atom stereocenters. The lowest BCUT2D eigenvalue weighted by atomic mass is 9.88. The van der Waals surface area contributed by atoms with E-state index in [2.05, 4.69) is 16.4 Å². The minimum atomic E-state index is 0.00612. The molecule has 1 saturated heterocycles. The number of nitrogens with zero attached hydrogens (tertiary/aromatic N) is 3. The van der Waals surface area contributed by atoms with Crippen molar-refractivity contribution in [2.24, 2.45) is 11.8 Å². The van der Waals surface area contributed by atoms with Crippen LogP contribution in [0.1, 0.15) is 18.9 Å². The van der Waals surface area contributed by atoms with Crippen molar-refractivity contribution in [2.45, 2.75) is 19.9 Å². The average molecular weight is 272 g/mol. The van der Waals surface area contributed by atoms with Gasteiger partial charge in [-0.1, -0.05) is 13.0 Å². The highest BCUT2D eigenvalue weighted by Crippen LogP contribution is 2.19. The summed E-state index contributed by atoms with van der Waals surface area (Å²) in [6, 6.07) is 5.93. The molecule has 1 aromatic rings. The summed E-state index contributed by atoms with van der Waals surface area (Å²) in [5, 5.41) is 12.0. The number of nitrogens with one attached hydrogen (secondary N) is 1. The Kier molecular flexibility index (Phi) is 5.08. The third kappa shape index (κ3) is 3.55. The molecule has 1 N–H and O–H groups in total.